The van der Waals surface area contributed by atoms with Crippen LogP contribution in [0.5, 0.6) is 11.5 Å². The van der Waals surface area contributed by atoms with Crippen molar-refractivity contribution in [1.82, 2.24) is 0 Å². The van der Waals surface area contributed by atoms with E-state index in [9.17, 15) is 30.3 Å². The molecule has 0 unspecified atom stereocenters. The number of hydrogen-bond donors (Lipinski definition) is 1. The Bertz CT molecular complexity index is 1360. The van der Waals surface area contributed by atoms with Crippen molar-refractivity contribution in [3.8, 4) is 17.6 Å². The molecule has 0 saturated carbocycles. The average molecular weight is 523 g/mol. The van der Waals surface area contributed by atoms with E-state index in [0.717, 1.165) is 23.8 Å². The number of hydrogen-bond acceptors (Lipinski definition) is 7. The quantitative estimate of drug-likeness (QED) is 0.175. The first-order valence-corrected chi connectivity index (χ1v) is 10.4. The third kappa shape index (κ3) is 5.81. The summed E-state index contributed by atoms with van der Waals surface area (Å²) in [4.78, 5) is 33.5. The highest BCUT2D eigenvalue weighted by molar-refractivity contribution is 9.10. The number of anilines is 1. The van der Waals surface area contributed by atoms with Crippen LogP contribution < -0.4 is 10.1 Å². The zero-order valence-corrected chi connectivity index (χ0v) is 19.1. The van der Waals surface area contributed by atoms with Crippen molar-refractivity contribution >= 4 is 45.0 Å². The fraction of sp³-hybridized carbons (Fsp3) is 0.0435. The van der Waals surface area contributed by atoms with Crippen molar-refractivity contribution in [3.05, 3.63) is 102 Å². The average Bonchev–Trinajstić information content (AvgIpc) is 2.80. The van der Waals surface area contributed by atoms with E-state index < -0.39 is 27.1 Å². The monoisotopic (exact) mass is 522 g/mol. The molecule has 0 aromatic heterocycles. The summed E-state index contributed by atoms with van der Waals surface area (Å²) in [7, 11) is 0. The number of carbonyl (C=O) groups is 1. The van der Waals surface area contributed by atoms with Crippen LogP contribution in [0, 0.1) is 38.5 Å². The summed E-state index contributed by atoms with van der Waals surface area (Å²) in [5.41, 5.74) is 0.479. The van der Waals surface area contributed by atoms with Gasteiger partial charge in [-0.1, -0.05) is 33.6 Å². The van der Waals surface area contributed by atoms with Gasteiger partial charge in [-0.25, -0.2) is 0 Å². The zero-order chi connectivity index (χ0) is 24.8. The van der Waals surface area contributed by atoms with E-state index in [1.165, 1.54) is 12.1 Å². The van der Waals surface area contributed by atoms with Crippen LogP contribution in [0.4, 0.5) is 17.1 Å². The summed E-state index contributed by atoms with van der Waals surface area (Å²) in [5, 5.41) is 34.6. The predicted molar refractivity (Wildman–Crippen MR) is 127 cm³/mol. The number of ether oxygens (including phenoxy) is 1. The Balaban J connectivity index is 1.97. The second-order valence-electron chi connectivity index (χ2n) is 6.94. The Morgan fingerprint density at radius 3 is 2.32 bits per heavy atom. The summed E-state index contributed by atoms with van der Waals surface area (Å²) in [5.74, 6) is -0.801. The molecule has 0 bridgehead atoms. The molecule has 0 aliphatic carbocycles. The Morgan fingerprint density at radius 2 is 1.71 bits per heavy atom. The van der Waals surface area contributed by atoms with Crippen LogP contribution in [0.3, 0.4) is 0 Å². The largest absolute Gasteiger partial charge is 0.449 e. The SMILES string of the molecule is Cc1ccc(NC(=O)/C(C#N)=C/c2cc(Br)ccc2Oc2ccc([N+](=O)[O-])cc2[N+](=O)[O-])cc1. The molecule has 11 heteroatoms. The van der Waals surface area contributed by atoms with E-state index in [2.05, 4.69) is 21.2 Å². The molecule has 3 aromatic carbocycles. The number of halogens is 1. The highest BCUT2D eigenvalue weighted by Gasteiger charge is 2.22. The van der Waals surface area contributed by atoms with Gasteiger partial charge in [0, 0.05) is 21.8 Å². The zero-order valence-electron chi connectivity index (χ0n) is 17.5. The van der Waals surface area contributed by atoms with Crippen molar-refractivity contribution < 1.29 is 19.4 Å². The number of nitro benzene ring substituents is 2. The third-order valence-corrected chi connectivity index (χ3v) is 5.01. The number of nitriles is 1. The molecule has 0 radical (unpaired) electrons. The maximum atomic E-state index is 12.6. The van der Waals surface area contributed by atoms with Gasteiger partial charge in [0.25, 0.3) is 11.6 Å². The molecule has 0 atom stereocenters. The van der Waals surface area contributed by atoms with Gasteiger partial charge in [0.15, 0.2) is 0 Å². The van der Waals surface area contributed by atoms with Gasteiger partial charge in [0.1, 0.15) is 17.4 Å². The molecular formula is C23H15BrN4O6. The van der Waals surface area contributed by atoms with Gasteiger partial charge in [-0.05, 0) is 49.4 Å². The van der Waals surface area contributed by atoms with Crippen molar-refractivity contribution in [2.75, 3.05) is 5.32 Å². The Labute approximate surface area is 201 Å². The molecule has 3 rings (SSSR count). The molecular weight excluding hydrogens is 508 g/mol. The molecule has 170 valence electrons. The Hall–Kier alpha value is -4.56. The van der Waals surface area contributed by atoms with Crippen LogP contribution in [-0.4, -0.2) is 15.8 Å². The number of benzene rings is 3. The molecule has 0 spiro atoms. The minimum absolute atomic E-state index is 0.0936. The molecule has 0 heterocycles. The van der Waals surface area contributed by atoms with Gasteiger partial charge < -0.3 is 10.1 Å². The second kappa shape index (κ2) is 10.4. The standard InChI is InChI=1S/C23H15BrN4O6/c1-14-2-5-18(6-3-14)26-23(29)16(13-25)10-15-11-17(24)4-8-21(15)34-22-9-7-19(27(30)31)12-20(22)28(32)33/h2-12H,1H3,(H,26,29)/b16-10+. The smallest absolute Gasteiger partial charge is 0.318 e. The lowest BCUT2D eigenvalue weighted by atomic mass is 10.1. The van der Waals surface area contributed by atoms with Crippen LogP contribution in [-0.2, 0) is 4.79 Å². The van der Waals surface area contributed by atoms with Gasteiger partial charge in [0.2, 0.25) is 5.75 Å². The highest BCUT2D eigenvalue weighted by atomic mass is 79.9. The van der Waals surface area contributed by atoms with Gasteiger partial charge in [-0.2, -0.15) is 5.26 Å². The van der Waals surface area contributed by atoms with Crippen LogP contribution in [0.25, 0.3) is 6.08 Å². The van der Waals surface area contributed by atoms with Crippen LogP contribution in [0.2, 0.25) is 0 Å². The van der Waals surface area contributed by atoms with Gasteiger partial charge >= 0.3 is 5.69 Å². The lowest BCUT2D eigenvalue weighted by Gasteiger charge is -2.11. The summed E-state index contributed by atoms with van der Waals surface area (Å²) >= 11 is 3.30. The van der Waals surface area contributed by atoms with Crippen molar-refractivity contribution in [2.24, 2.45) is 0 Å². The normalized spacial score (nSPS) is 10.8. The molecule has 3 aromatic rings. The van der Waals surface area contributed by atoms with E-state index in [1.807, 2.05) is 25.1 Å². The number of nitro groups is 2. The maximum Gasteiger partial charge on any atom is 0.318 e. The van der Waals surface area contributed by atoms with Crippen molar-refractivity contribution in [1.29, 1.82) is 5.26 Å². The van der Waals surface area contributed by atoms with Gasteiger partial charge in [-0.3, -0.25) is 25.0 Å². The molecule has 1 amide bonds. The highest BCUT2D eigenvalue weighted by Crippen LogP contribution is 2.37. The number of carbonyl (C=O) groups excluding carboxylic acids is 1. The summed E-state index contributed by atoms with van der Waals surface area (Å²) in [6.07, 6.45) is 1.28. The number of rotatable bonds is 7. The molecule has 10 nitrogen and oxygen atoms in total. The van der Waals surface area contributed by atoms with E-state index >= 15 is 0 Å². The number of nitrogens with zero attached hydrogens (tertiary/aromatic N) is 3. The van der Waals surface area contributed by atoms with Crippen molar-refractivity contribution in [3.63, 3.8) is 0 Å². The fourth-order valence-electron chi connectivity index (χ4n) is 2.83. The minimum Gasteiger partial charge on any atom is -0.449 e. The molecule has 0 aliphatic heterocycles. The Kier molecular flexibility index (Phi) is 7.35. The minimum atomic E-state index is -0.799. The number of non-ortho nitro benzene ring substituents is 1. The Morgan fingerprint density at radius 1 is 1.03 bits per heavy atom. The molecule has 0 aliphatic rings. The van der Waals surface area contributed by atoms with E-state index in [1.54, 1.807) is 24.3 Å². The lowest BCUT2D eigenvalue weighted by Crippen LogP contribution is -2.13. The van der Waals surface area contributed by atoms with Gasteiger partial charge in [0.05, 0.1) is 15.9 Å². The number of nitrogens with one attached hydrogen (secondary N) is 1. The van der Waals surface area contributed by atoms with Crippen molar-refractivity contribution in [2.45, 2.75) is 6.92 Å². The number of amides is 1. The van der Waals surface area contributed by atoms with E-state index in [4.69, 9.17) is 4.74 Å². The first kappa shape index (κ1) is 24.1. The topological polar surface area (TPSA) is 148 Å². The molecule has 0 saturated heterocycles. The fourth-order valence-corrected chi connectivity index (χ4v) is 3.21. The maximum absolute atomic E-state index is 12.6. The number of aryl methyl sites for hydroxylation is 1. The van der Waals surface area contributed by atoms with Gasteiger partial charge in [-0.15, -0.1) is 0 Å². The van der Waals surface area contributed by atoms with Crippen LogP contribution in [0.1, 0.15) is 11.1 Å². The first-order valence-electron chi connectivity index (χ1n) is 9.58. The van der Waals surface area contributed by atoms with Crippen LogP contribution >= 0.6 is 15.9 Å². The molecule has 0 fully saturated rings. The predicted octanol–water partition coefficient (Wildman–Crippen LogP) is 5.91. The molecule has 34 heavy (non-hydrogen) atoms. The summed E-state index contributed by atoms with van der Waals surface area (Å²) < 4.78 is 6.28. The summed E-state index contributed by atoms with van der Waals surface area (Å²) in [6, 6.07) is 16.5. The van der Waals surface area contributed by atoms with E-state index in [-0.39, 0.29) is 22.6 Å². The third-order valence-electron chi connectivity index (χ3n) is 4.52. The van der Waals surface area contributed by atoms with Crippen LogP contribution in [0.15, 0.2) is 70.7 Å². The molecule has 1 N–H and O–H groups in total. The summed E-state index contributed by atoms with van der Waals surface area (Å²) in [6.45, 7) is 1.90. The lowest BCUT2D eigenvalue weighted by molar-refractivity contribution is -0.394. The van der Waals surface area contributed by atoms with E-state index in [0.29, 0.717) is 10.2 Å². The first-order chi connectivity index (χ1) is 16.2. The second-order valence-corrected chi connectivity index (χ2v) is 7.86.